The zero-order valence-electron chi connectivity index (χ0n) is 14.9. The second kappa shape index (κ2) is 6.88. The van der Waals surface area contributed by atoms with Gasteiger partial charge in [-0.15, -0.1) is 0 Å². The molecule has 2 rings (SSSR count). The fraction of sp³-hybridized carbons (Fsp3) is 0.750. The van der Waals surface area contributed by atoms with Crippen LogP contribution in [0.3, 0.4) is 0 Å². The maximum absolute atomic E-state index is 12.2. The molecule has 1 aliphatic rings. The first kappa shape index (κ1) is 17.7. The summed E-state index contributed by atoms with van der Waals surface area (Å²) in [4.78, 5) is 18.3. The number of carbonyl (C=O) groups is 1. The number of imidazole rings is 1. The predicted molar refractivity (Wildman–Crippen MR) is 87.2 cm³/mol. The average molecular weight is 324 g/mol. The molecule has 1 aliphatic heterocycles. The Hall–Kier alpha value is -1.60. The van der Waals surface area contributed by atoms with Gasteiger partial charge >= 0.3 is 6.09 Å². The van der Waals surface area contributed by atoms with E-state index in [4.69, 9.17) is 9.47 Å². The number of likely N-dealkylation sites (tertiary alicyclic amines) is 1. The van der Waals surface area contributed by atoms with Crippen LogP contribution in [0.2, 0.25) is 0 Å². The normalized spacial score (nSPS) is 23.1. The van der Waals surface area contributed by atoms with Crippen molar-refractivity contribution in [1.82, 2.24) is 19.8 Å². The summed E-state index contributed by atoms with van der Waals surface area (Å²) < 4.78 is 13.0. The molecule has 1 aromatic heterocycles. The van der Waals surface area contributed by atoms with Gasteiger partial charge in [0.25, 0.3) is 0 Å². The Bertz CT molecular complexity index is 538. The zero-order chi connectivity index (χ0) is 17.2. The third-order valence-corrected chi connectivity index (χ3v) is 3.93. The lowest BCUT2D eigenvalue weighted by Gasteiger charge is -2.24. The monoisotopic (exact) mass is 324 g/mol. The molecule has 1 amide bonds. The number of nitrogens with zero attached hydrogens (tertiary/aromatic N) is 3. The Kier molecular flexibility index (Phi) is 5.31. The van der Waals surface area contributed by atoms with Crippen molar-refractivity contribution in [2.45, 2.75) is 51.5 Å². The number of amides is 1. The minimum Gasteiger partial charge on any atom is -0.444 e. The number of nitrogens with one attached hydrogen (secondary N) is 1. The van der Waals surface area contributed by atoms with E-state index in [1.165, 1.54) is 0 Å². The summed E-state index contributed by atoms with van der Waals surface area (Å²) in [5, 5.41) is 3.51. The Morgan fingerprint density at radius 2 is 2.13 bits per heavy atom. The highest BCUT2D eigenvalue weighted by molar-refractivity contribution is 5.68. The van der Waals surface area contributed by atoms with Gasteiger partial charge in [0.05, 0.1) is 24.7 Å². The van der Waals surface area contributed by atoms with Gasteiger partial charge < -0.3 is 24.3 Å². The molecule has 7 heteroatoms. The van der Waals surface area contributed by atoms with Gasteiger partial charge in [0.2, 0.25) is 0 Å². The molecule has 3 atom stereocenters. The second-order valence-electron chi connectivity index (χ2n) is 7.05. The maximum atomic E-state index is 12.2. The van der Waals surface area contributed by atoms with E-state index >= 15 is 0 Å². The van der Waals surface area contributed by atoms with Gasteiger partial charge in [-0.05, 0) is 27.7 Å². The van der Waals surface area contributed by atoms with Crippen LogP contribution < -0.4 is 5.32 Å². The van der Waals surface area contributed by atoms with E-state index in [1.54, 1.807) is 18.2 Å². The quantitative estimate of drug-likeness (QED) is 0.913. The number of ether oxygens (including phenoxy) is 2. The first-order valence-corrected chi connectivity index (χ1v) is 7.95. The summed E-state index contributed by atoms with van der Waals surface area (Å²) in [5.41, 5.74) is -0.495. The van der Waals surface area contributed by atoms with Crippen LogP contribution in [0.1, 0.15) is 39.6 Å². The van der Waals surface area contributed by atoms with Gasteiger partial charge in [-0.1, -0.05) is 0 Å². The van der Waals surface area contributed by atoms with Crippen LogP contribution in [0.5, 0.6) is 0 Å². The first-order valence-electron chi connectivity index (χ1n) is 7.95. The largest absolute Gasteiger partial charge is 0.444 e. The van der Waals surface area contributed by atoms with Crippen LogP contribution in [-0.2, 0) is 16.5 Å². The maximum Gasteiger partial charge on any atom is 0.410 e. The highest BCUT2D eigenvalue weighted by atomic mass is 16.6. The van der Waals surface area contributed by atoms with Crippen LogP contribution >= 0.6 is 0 Å². The molecule has 0 spiro atoms. The lowest BCUT2D eigenvalue weighted by atomic mass is 10.2. The summed E-state index contributed by atoms with van der Waals surface area (Å²) >= 11 is 0. The molecular weight excluding hydrogens is 296 g/mol. The number of aromatic nitrogens is 2. The van der Waals surface area contributed by atoms with Gasteiger partial charge in [0, 0.05) is 33.1 Å². The molecule has 0 aromatic carbocycles. The van der Waals surface area contributed by atoms with Crippen LogP contribution in [0.4, 0.5) is 4.79 Å². The summed E-state index contributed by atoms with van der Waals surface area (Å²) in [6.45, 7) is 8.75. The SMILES string of the molecule is CO[C@H]1CN(C(=O)OC(C)(C)C)CC1NC(C)c1nccn1C. The Morgan fingerprint density at radius 1 is 1.43 bits per heavy atom. The molecule has 1 N–H and O–H groups in total. The lowest BCUT2D eigenvalue weighted by molar-refractivity contribution is 0.0252. The van der Waals surface area contributed by atoms with Gasteiger partial charge in [-0.3, -0.25) is 0 Å². The third kappa shape index (κ3) is 4.45. The molecule has 1 fully saturated rings. The van der Waals surface area contributed by atoms with Crippen LogP contribution in [0.25, 0.3) is 0 Å². The molecule has 0 saturated carbocycles. The first-order chi connectivity index (χ1) is 10.7. The van der Waals surface area contributed by atoms with E-state index in [2.05, 4.69) is 17.2 Å². The van der Waals surface area contributed by atoms with Crippen molar-refractivity contribution in [2.75, 3.05) is 20.2 Å². The second-order valence-corrected chi connectivity index (χ2v) is 7.05. The van der Waals surface area contributed by atoms with Gasteiger partial charge in [-0.25, -0.2) is 9.78 Å². The fourth-order valence-electron chi connectivity index (χ4n) is 2.84. The van der Waals surface area contributed by atoms with Gasteiger partial charge in [0.15, 0.2) is 0 Å². The molecule has 0 radical (unpaired) electrons. The molecular formula is C16H28N4O3. The molecule has 0 aliphatic carbocycles. The molecule has 7 nitrogen and oxygen atoms in total. The standard InChI is InChI=1S/C16H28N4O3/c1-11(14-17-7-8-19(14)5)18-12-9-20(10-13(12)22-6)15(21)23-16(2,3)4/h7-8,11-13,18H,9-10H2,1-6H3/t11?,12?,13-/m0/s1. The zero-order valence-corrected chi connectivity index (χ0v) is 14.9. The van der Waals surface area contributed by atoms with Crippen molar-refractivity contribution in [3.63, 3.8) is 0 Å². The topological polar surface area (TPSA) is 68.6 Å². The number of rotatable bonds is 4. The molecule has 2 heterocycles. The Balaban J connectivity index is 1.99. The van der Waals surface area contributed by atoms with E-state index in [0.717, 1.165) is 5.82 Å². The summed E-state index contributed by atoms with van der Waals surface area (Å²) in [5.74, 6) is 0.954. The summed E-state index contributed by atoms with van der Waals surface area (Å²) in [6.07, 6.45) is 3.34. The van der Waals surface area contributed by atoms with Crippen molar-refractivity contribution < 1.29 is 14.3 Å². The van der Waals surface area contributed by atoms with Crippen LogP contribution in [0.15, 0.2) is 12.4 Å². The van der Waals surface area contributed by atoms with E-state index in [0.29, 0.717) is 13.1 Å². The van der Waals surface area contributed by atoms with Crippen molar-refractivity contribution in [3.8, 4) is 0 Å². The number of hydrogen-bond acceptors (Lipinski definition) is 5. The van der Waals surface area contributed by atoms with Crippen molar-refractivity contribution in [1.29, 1.82) is 0 Å². The Morgan fingerprint density at radius 3 is 2.65 bits per heavy atom. The average Bonchev–Trinajstić information content (AvgIpc) is 3.03. The minimum absolute atomic E-state index is 0.0409. The fourth-order valence-corrected chi connectivity index (χ4v) is 2.84. The lowest BCUT2D eigenvalue weighted by Crippen LogP contribution is -2.42. The summed E-state index contributed by atoms with van der Waals surface area (Å²) in [6, 6.07) is 0.107. The van der Waals surface area contributed by atoms with E-state index < -0.39 is 5.60 Å². The van der Waals surface area contributed by atoms with Crippen molar-refractivity contribution >= 4 is 6.09 Å². The Labute approximate surface area is 138 Å². The smallest absolute Gasteiger partial charge is 0.410 e. The number of hydrogen-bond donors (Lipinski definition) is 1. The van der Waals surface area contributed by atoms with Crippen molar-refractivity contribution in [3.05, 3.63) is 18.2 Å². The van der Waals surface area contributed by atoms with E-state index in [1.807, 2.05) is 38.6 Å². The molecule has 23 heavy (non-hydrogen) atoms. The third-order valence-electron chi connectivity index (χ3n) is 3.93. The molecule has 0 bridgehead atoms. The molecule has 2 unspecified atom stereocenters. The van der Waals surface area contributed by atoms with Crippen molar-refractivity contribution in [2.24, 2.45) is 7.05 Å². The number of methoxy groups -OCH3 is 1. The highest BCUT2D eigenvalue weighted by Crippen LogP contribution is 2.20. The van der Waals surface area contributed by atoms with Gasteiger partial charge in [-0.2, -0.15) is 0 Å². The summed E-state index contributed by atoms with van der Waals surface area (Å²) in [7, 11) is 3.64. The van der Waals surface area contributed by atoms with Crippen LogP contribution in [-0.4, -0.2) is 58.5 Å². The number of carbonyl (C=O) groups excluding carboxylic acids is 1. The molecule has 1 aromatic rings. The minimum atomic E-state index is -0.495. The van der Waals surface area contributed by atoms with Crippen LogP contribution in [0, 0.1) is 0 Å². The number of aryl methyl sites for hydroxylation is 1. The van der Waals surface area contributed by atoms with E-state index in [-0.39, 0.29) is 24.3 Å². The highest BCUT2D eigenvalue weighted by Gasteiger charge is 2.38. The molecule has 130 valence electrons. The molecule has 1 saturated heterocycles. The predicted octanol–water partition coefficient (Wildman–Crippen LogP) is 1.70. The van der Waals surface area contributed by atoms with Gasteiger partial charge in [0.1, 0.15) is 11.4 Å². The van der Waals surface area contributed by atoms with E-state index in [9.17, 15) is 4.79 Å².